The third-order valence-electron chi connectivity index (χ3n) is 3.84. The van der Waals surface area contributed by atoms with E-state index in [4.69, 9.17) is 15.2 Å². The molecular formula is C14H17F2NO2S. The van der Waals surface area contributed by atoms with Gasteiger partial charge in [-0.05, 0) is 24.6 Å². The summed E-state index contributed by atoms with van der Waals surface area (Å²) >= 11 is 1.46. The zero-order valence-corrected chi connectivity index (χ0v) is 11.8. The van der Waals surface area contributed by atoms with Crippen LogP contribution in [0.5, 0.6) is 0 Å². The summed E-state index contributed by atoms with van der Waals surface area (Å²) in [5.41, 5.74) is 6.15. The molecule has 2 fully saturated rings. The summed E-state index contributed by atoms with van der Waals surface area (Å²) < 4.78 is 37.6. The molecular weight excluding hydrogens is 284 g/mol. The molecule has 1 aromatic carbocycles. The lowest BCUT2D eigenvalue weighted by Crippen LogP contribution is -2.47. The Morgan fingerprint density at radius 2 is 1.95 bits per heavy atom. The topological polar surface area (TPSA) is 44.5 Å². The fourth-order valence-electron chi connectivity index (χ4n) is 2.75. The predicted octanol–water partition coefficient (Wildman–Crippen LogP) is 2.68. The number of thioether (sulfide) groups is 1. The first-order valence-electron chi connectivity index (χ1n) is 6.73. The lowest BCUT2D eigenvalue weighted by molar-refractivity contribution is -0.176. The summed E-state index contributed by atoms with van der Waals surface area (Å²) in [6.45, 7) is 1.22. The number of ether oxygens (including phenoxy) is 2. The molecule has 1 saturated heterocycles. The van der Waals surface area contributed by atoms with Crippen molar-refractivity contribution in [2.24, 2.45) is 5.73 Å². The van der Waals surface area contributed by atoms with Crippen LogP contribution in [0.4, 0.5) is 8.78 Å². The fourth-order valence-corrected chi connectivity index (χ4v) is 4.06. The summed E-state index contributed by atoms with van der Waals surface area (Å²) in [5.74, 6) is -2.18. The van der Waals surface area contributed by atoms with Crippen LogP contribution in [0.1, 0.15) is 19.3 Å². The number of hydrogen-bond acceptors (Lipinski definition) is 4. The van der Waals surface area contributed by atoms with Crippen LogP contribution in [0.2, 0.25) is 0 Å². The van der Waals surface area contributed by atoms with Crippen molar-refractivity contribution >= 4 is 11.8 Å². The molecule has 2 atom stereocenters. The van der Waals surface area contributed by atoms with Crippen molar-refractivity contribution in [2.75, 3.05) is 13.2 Å². The number of halogens is 2. The van der Waals surface area contributed by atoms with Gasteiger partial charge >= 0.3 is 0 Å². The summed E-state index contributed by atoms with van der Waals surface area (Å²) in [6.07, 6.45) is 2.28. The lowest BCUT2D eigenvalue weighted by atomic mass is 9.90. The molecule has 3 nitrogen and oxygen atoms in total. The van der Waals surface area contributed by atoms with Crippen LogP contribution in [0.3, 0.4) is 0 Å². The van der Waals surface area contributed by atoms with E-state index in [1.165, 1.54) is 17.8 Å². The van der Waals surface area contributed by atoms with Gasteiger partial charge in [-0.3, -0.25) is 0 Å². The molecule has 1 heterocycles. The summed E-state index contributed by atoms with van der Waals surface area (Å²) in [4.78, 5) is 0.680. The Morgan fingerprint density at radius 1 is 1.20 bits per heavy atom. The Morgan fingerprint density at radius 3 is 2.65 bits per heavy atom. The minimum absolute atomic E-state index is 0.00605. The predicted molar refractivity (Wildman–Crippen MR) is 72.5 cm³/mol. The summed E-state index contributed by atoms with van der Waals surface area (Å²) in [6, 6.07) is 3.94. The van der Waals surface area contributed by atoms with E-state index < -0.39 is 17.4 Å². The molecule has 1 spiro atoms. The van der Waals surface area contributed by atoms with Gasteiger partial charge in [0.2, 0.25) is 0 Å². The van der Waals surface area contributed by atoms with E-state index in [1.54, 1.807) is 6.07 Å². The monoisotopic (exact) mass is 301 g/mol. The van der Waals surface area contributed by atoms with Gasteiger partial charge in [-0.2, -0.15) is 0 Å². The van der Waals surface area contributed by atoms with E-state index >= 15 is 0 Å². The second-order valence-corrected chi connectivity index (χ2v) is 6.56. The second kappa shape index (κ2) is 5.60. The van der Waals surface area contributed by atoms with Crippen molar-refractivity contribution in [1.82, 2.24) is 0 Å². The minimum atomic E-state index is -0.832. The summed E-state index contributed by atoms with van der Waals surface area (Å²) in [7, 11) is 0. The molecule has 1 saturated carbocycles. The molecule has 1 aliphatic heterocycles. The maximum absolute atomic E-state index is 13.3. The van der Waals surface area contributed by atoms with Crippen molar-refractivity contribution < 1.29 is 18.3 Å². The molecule has 0 radical (unpaired) electrons. The Hall–Kier alpha value is -0.690. The zero-order chi connectivity index (χ0) is 14.2. The number of hydrogen-bond donors (Lipinski definition) is 1. The smallest absolute Gasteiger partial charge is 0.169 e. The van der Waals surface area contributed by atoms with Crippen molar-refractivity contribution in [1.29, 1.82) is 0 Å². The van der Waals surface area contributed by atoms with Crippen LogP contribution in [-0.2, 0) is 9.47 Å². The van der Waals surface area contributed by atoms with Crippen molar-refractivity contribution in [2.45, 2.75) is 41.2 Å². The largest absolute Gasteiger partial charge is 0.347 e. The van der Waals surface area contributed by atoms with Gasteiger partial charge in [-0.25, -0.2) is 8.78 Å². The molecule has 0 aromatic heterocycles. The van der Waals surface area contributed by atoms with Crippen LogP contribution in [0.15, 0.2) is 23.1 Å². The highest BCUT2D eigenvalue weighted by Crippen LogP contribution is 2.42. The Balaban J connectivity index is 1.72. The van der Waals surface area contributed by atoms with Gasteiger partial charge in [-0.1, -0.05) is 0 Å². The van der Waals surface area contributed by atoms with Gasteiger partial charge in [0, 0.05) is 29.0 Å². The average Bonchev–Trinajstić information content (AvgIpc) is 2.87. The lowest BCUT2D eigenvalue weighted by Gasteiger charge is -2.39. The summed E-state index contributed by atoms with van der Waals surface area (Å²) in [5, 5.41) is 0.0757. The Labute approximate surface area is 120 Å². The molecule has 1 aromatic rings. The SMILES string of the molecule is NC1CCC2(CC1Sc1ccc(F)c(F)c1)OCCO2. The van der Waals surface area contributed by atoms with Gasteiger partial charge in [0.15, 0.2) is 17.4 Å². The molecule has 110 valence electrons. The van der Waals surface area contributed by atoms with Crippen LogP contribution >= 0.6 is 11.8 Å². The Bertz CT molecular complexity index is 494. The highest BCUT2D eigenvalue weighted by atomic mass is 32.2. The van der Waals surface area contributed by atoms with Gasteiger partial charge in [-0.15, -0.1) is 11.8 Å². The van der Waals surface area contributed by atoms with Crippen LogP contribution in [0.25, 0.3) is 0 Å². The van der Waals surface area contributed by atoms with Crippen molar-refractivity contribution in [3.05, 3.63) is 29.8 Å². The van der Waals surface area contributed by atoms with E-state index in [1.807, 2.05) is 0 Å². The molecule has 0 amide bonds. The third kappa shape index (κ3) is 2.83. The van der Waals surface area contributed by atoms with Crippen LogP contribution < -0.4 is 5.73 Å². The van der Waals surface area contributed by atoms with Crippen LogP contribution in [-0.4, -0.2) is 30.3 Å². The average molecular weight is 301 g/mol. The molecule has 6 heteroatoms. The standard InChI is InChI=1S/C14H17F2NO2S/c15-10-2-1-9(7-11(10)16)20-13-8-14(4-3-12(13)17)18-5-6-19-14/h1-2,7,12-13H,3-6,8,17H2. The van der Waals surface area contributed by atoms with Crippen LogP contribution in [0, 0.1) is 11.6 Å². The first kappa shape index (κ1) is 14.3. The third-order valence-corrected chi connectivity index (χ3v) is 5.19. The molecule has 3 rings (SSSR count). The minimum Gasteiger partial charge on any atom is -0.347 e. The molecule has 2 aliphatic rings. The van der Waals surface area contributed by atoms with E-state index in [0.29, 0.717) is 24.5 Å². The van der Waals surface area contributed by atoms with E-state index in [-0.39, 0.29) is 11.3 Å². The van der Waals surface area contributed by atoms with E-state index in [0.717, 1.165) is 18.9 Å². The number of nitrogens with two attached hydrogens (primary N) is 1. The van der Waals surface area contributed by atoms with Crippen molar-refractivity contribution in [3.8, 4) is 0 Å². The molecule has 20 heavy (non-hydrogen) atoms. The second-order valence-electron chi connectivity index (χ2n) is 5.25. The zero-order valence-electron chi connectivity index (χ0n) is 11.0. The number of benzene rings is 1. The highest BCUT2D eigenvalue weighted by molar-refractivity contribution is 8.00. The highest BCUT2D eigenvalue weighted by Gasteiger charge is 2.44. The van der Waals surface area contributed by atoms with Gasteiger partial charge in [0.1, 0.15) is 0 Å². The molecule has 2 N–H and O–H groups in total. The molecule has 2 unspecified atom stereocenters. The Kier molecular flexibility index (Phi) is 3.99. The van der Waals surface area contributed by atoms with E-state index in [2.05, 4.69) is 0 Å². The quantitative estimate of drug-likeness (QED) is 0.912. The number of rotatable bonds is 2. The normalized spacial score (nSPS) is 28.9. The first-order valence-corrected chi connectivity index (χ1v) is 7.61. The van der Waals surface area contributed by atoms with Crippen molar-refractivity contribution in [3.63, 3.8) is 0 Å². The van der Waals surface area contributed by atoms with Gasteiger partial charge < -0.3 is 15.2 Å². The fraction of sp³-hybridized carbons (Fsp3) is 0.571. The molecule has 1 aliphatic carbocycles. The first-order chi connectivity index (χ1) is 9.58. The maximum Gasteiger partial charge on any atom is 0.169 e. The molecule has 0 bridgehead atoms. The van der Waals surface area contributed by atoms with Gasteiger partial charge in [0.25, 0.3) is 0 Å². The van der Waals surface area contributed by atoms with E-state index in [9.17, 15) is 8.78 Å². The van der Waals surface area contributed by atoms with Gasteiger partial charge in [0.05, 0.1) is 13.2 Å². The maximum atomic E-state index is 13.3.